The Bertz CT molecular complexity index is 1190. The minimum absolute atomic E-state index is 0.0735. The highest BCUT2D eigenvalue weighted by atomic mass is 19.3. The van der Waals surface area contributed by atoms with Crippen LogP contribution in [0.1, 0.15) is 56.4 Å². The van der Waals surface area contributed by atoms with Gasteiger partial charge in [0.15, 0.2) is 0 Å². The summed E-state index contributed by atoms with van der Waals surface area (Å²) in [6.45, 7) is 4.45. The van der Waals surface area contributed by atoms with Gasteiger partial charge in [-0.15, -0.1) is 0 Å². The third-order valence-electron chi connectivity index (χ3n) is 5.27. The molecule has 178 valence electrons. The standard InChI is InChI=1S/C24H26F2N6O2/c1-14-11-22(32-23(28-14)24(3,25)26)31-19-12-21(29-15(2)33)27-13-16(19)17-7-6-8-18(30-17)20-9-4-5-10-34-20/h6-8,11-13,20H,4-5,9-10H2,1-3H3,(H2,27,28,29,31,32,33)/t20-/m0/s1. The lowest BCUT2D eigenvalue weighted by atomic mass is 10.0. The number of nitrogens with one attached hydrogen (secondary N) is 2. The first-order valence-electron chi connectivity index (χ1n) is 11.1. The fraction of sp³-hybridized carbons (Fsp3) is 0.375. The molecule has 10 heteroatoms. The first-order chi connectivity index (χ1) is 16.2. The summed E-state index contributed by atoms with van der Waals surface area (Å²) >= 11 is 0. The van der Waals surface area contributed by atoms with E-state index in [1.807, 2.05) is 18.2 Å². The summed E-state index contributed by atoms with van der Waals surface area (Å²) in [5, 5.41) is 5.73. The van der Waals surface area contributed by atoms with Crippen molar-refractivity contribution in [1.29, 1.82) is 0 Å². The average molecular weight is 469 g/mol. The van der Waals surface area contributed by atoms with E-state index in [-0.39, 0.29) is 17.8 Å². The Labute approximate surface area is 196 Å². The molecule has 1 aliphatic heterocycles. The Kier molecular flexibility index (Phi) is 6.78. The fourth-order valence-electron chi connectivity index (χ4n) is 3.73. The Morgan fingerprint density at radius 1 is 1.15 bits per heavy atom. The van der Waals surface area contributed by atoms with E-state index in [0.29, 0.717) is 35.1 Å². The fourth-order valence-corrected chi connectivity index (χ4v) is 3.73. The summed E-state index contributed by atoms with van der Waals surface area (Å²) < 4.78 is 33.7. The molecule has 0 unspecified atom stereocenters. The number of aryl methyl sites for hydroxylation is 1. The topological polar surface area (TPSA) is 102 Å². The number of alkyl halides is 2. The SMILES string of the molecule is CC(=O)Nc1cc(Nc2cc(C)nc(C(C)(F)F)n2)c(-c2cccc([C@@H]3CCCCO3)n2)cn1. The molecule has 1 saturated heterocycles. The Morgan fingerprint density at radius 2 is 1.97 bits per heavy atom. The monoisotopic (exact) mass is 468 g/mol. The van der Waals surface area contributed by atoms with Crippen LogP contribution in [0.2, 0.25) is 0 Å². The van der Waals surface area contributed by atoms with E-state index in [1.165, 1.54) is 6.92 Å². The van der Waals surface area contributed by atoms with Crippen LogP contribution in [0.15, 0.2) is 36.5 Å². The predicted octanol–water partition coefficient (Wildman–Crippen LogP) is 5.30. The molecule has 0 bridgehead atoms. The second kappa shape index (κ2) is 9.76. The Morgan fingerprint density at radius 3 is 2.68 bits per heavy atom. The first-order valence-corrected chi connectivity index (χ1v) is 11.1. The molecular formula is C24H26F2N6O2. The molecule has 4 rings (SSSR count). The molecule has 1 aliphatic rings. The largest absolute Gasteiger partial charge is 0.372 e. The lowest BCUT2D eigenvalue weighted by Gasteiger charge is -2.22. The van der Waals surface area contributed by atoms with Crippen molar-refractivity contribution in [2.75, 3.05) is 17.2 Å². The van der Waals surface area contributed by atoms with Crippen molar-refractivity contribution < 1.29 is 18.3 Å². The van der Waals surface area contributed by atoms with Crippen LogP contribution in [0, 0.1) is 6.92 Å². The molecular weight excluding hydrogens is 442 g/mol. The van der Waals surface area contributed by atoms with Gasteiger partial charge in [-0.3, -0.25) is 4.79 Å². The molecule has 34 heavy (non-hydrogen) atoms. The molecule has 0 spiro atoms. The van der Waals surface area contributed by atoms with Gasteiger partial charge in [-0.25, -0.2) is 19.9 Å². The van der Waals surface area contributed by atoms with Crippen molar-refractivity contribution in [1.82, 2.24) is 19.9 Å². The lowest BCUT2D eigenvalue weighted by molar-refractivity contribution is -0.114. The maximum Gasteiger partial charge on any atom is 0.303 e. The van der Waals surface area contributed by atoms with E-state index in [2.05, 4.69) is 25.6 Å². The van der Waals surface area contributed by atoms with E-state index >= 15 is 0 Å². The van der Waals surface area contributed by atoms with Gasteiger partial charge in [0, 0.05) is 50.0 Å². The number of hydrogen-bond acceptors (Lipinski definition) is 7. The smallest absolute Gasteiger partial charge is 0.303 e. The number of ether oxygens (including phenoxy) is 1. The van der Waals surface area contributed by atoms with Crippen LogP contribution in [0.3, 0.4) is 0 Å². The molecule has 3 aromatic rings. The van der Waals surface area contributed by atoms with Crippen molar-refractivity contribution in [2.45, 2.75) is 52.1 Å². The van der Waals surface area contributed by atoms with Crippen LogP contribution < -0.4 is 10.6 Å². The number of rotatable bonds is 6. The van der Waals surface area contributed by atoms with Crippen LogP contribution in [0.25, 0.3) is 11.3 Å². The van der Waals surface area contributed by atoms with Gasteiger partial charge in [0.2, 0.25) is 11.7 Å². The first kappa shape index (κ1) is 23.6. The molecule has 3 aromatic heterocycles. The number of amides is 1. The van der Waals surface area contributed by atoms with Crippen molar-refractivity contribution in [2.24, 2.45) is 0 Å². The number of pyridine rings is 2. The van der Waals surface area contributed by atoms with Crippen LogP contribution in [-0.2, 0) is 15.5 Å². The summed E-state index contributed by atoms with van der Waals surface area (Å²) in [6, 6.07) is 8.84. The van der Waals surface area contributed by atoms with Gasteiger partial charge < -0.3 is 15.4 Å². The van der Waals surface area contributed by atoms with E-state index in [9.17, 15) is 13.6 Å². The molecule has 1 amide bonds. The van der Waals surface area contributed by atoms with Crippen molar-refractivity contribution in [3.05, 3.63) is 53.7 Å². The molecule has 2 N–H and O–H groups in total. The summed E-state index contributed by atoms with van der Waals surface area (Å²) in [5.41, 5.74) is 2.95. The number of anilines is 3. The van der Waals surface area contributed by atoms with Crippen LogP contribution in [0.5, 0.6) is 0 Å². The van der Waals surface area contributed by atoms with E-state index in [0.717, 1.165) is 31.9 Å². The molecule has 0 radical (unpaired) electrons. The Balaban J connectivity index is 1.75. The lowest BCUT2D eigenvalue weighted by Crippen LogP contribution is -2.15. The highest BCUT2D eigenvalue weighted by Crippen LogP contribution is 2.33. The van der Waals surface area contributed by atoms with Gasteiger partial charge in [0.05, 0.1) is 23.2 Å². The Hall–Kier alpha value is -3.53. The normalized spacial score (nSPS) is 16.2. The quantitative estimate of drug-likeness (QED) is 0.506. The minimum atomic E-state index is -3.19. The highest BCUT2D eigenvalue weighted by molar-refractivity contribution is 5.89. The highest BCUT2D eigenvalue weighted by Gasteiger charge is 2.29. The molecule has 1 fully saturated rings. The van der Waals surface area contributed by atoms with Crippen LogP contribution in [0.4, 0.5) is 26.1 Å². The molecule has 8 nitrogen and oxygen atoms in total. The van der Waals surface area contributed by atoms with Crippen molar-refractivity contribution >= 4 is 23.2 Å². The van der Waals surface area contributed by atoms with Gasteiger partial charge in [0.1, 0.15) is 11.6 Å². The number of aromatic nitrogens is 4. The average Bonchev–Trinajstić information content (AvgIpc) is 2.79. The summed E-state index contributed by atoms with van der Waals surface area (Å²) in [4.78, 5) is 28.5. The summed E-state index contributed by atoms with van der Waals surface area (Å²) in [5.74, 6) is -3.57. The van der Waals surface area contributed by atoms with Crippen molar-refractivity contribution in [3.8, 4) is 11.3 Å². The molecule has 0 saturated carbocycles. The second-order valence-electron chi connectivity index (χ2n) is 8.33. The predicted molar refractivity (Wildman–Crippen MR) is 124 cm³/mol. The number of carbonyl (C=O) groups is 1. The van der Waals surface area contributed by atoms with Gasteiger partial charge in [-0.2, -0.15) is 8.78 Å². The van der Waals surface area contributed by atoms with Gasteiger partial charge >= 0.3 is 5.92 Å². The van der Waals surface area contributed by atoms with E-state index in [4.69, 9.17) is 9.72 Å². The third-order valence-corrected chi connectivity index (χ3v) is 5.27. The summed E-state index contributed by atoms with van der Waals surface area (Å²) in [6.07, 6.45) is 4.51. The second-order valence-corrected chi connectivity index (χ2v) is 8.33. The van der Waals surface area contributed by atoms with E-state index in [1.54, 1.807) is 25.3 Å². The molecule has 0 aliphatic carbocycles. The third kappa shape index (κ3) is 5.69. The molecule has 1 atom stereocenters. The van der Waals surface area contributed by atoms with Crippen LogP contribution in [-0.4, -0.2) is 32.4 Å². The van der Waals surface area contributed by atoms with Gasteiger partial charge in [-0.05, 0) is 38.3 Å². The van der Waals surface area contributed by atoms with Gasteiger partial charge in [0.25, 0.3) is 0 Å². The zero-order valence-electron chi connectivity index (χ0n) is 19.2. The maximum atomic E-state index is 13.9. The minimum Gasteiger partial charge on any atom is -0.372 e. The zero-order valence-corrected chi connectivity index (χ0v) is 19.2. The number of hydrogen-bond donors (Lipinski definition) is 2. The maximum absolute atomic E-state index is 13.9. The van der Waals surface area contributed by atoms with Crippen LogP contribution >= 0.6 is 0 Å². The number of halogens is 2. The summed E-state index contributed by atoms with van der Waals surface area (Å²) in [7, 11) is 0. The van der Waals surface area contributed by atoms with E-state index < -0.39 is 11.7 Å². The molecule has 0 aromatic carbocycles. The van der Waals surface area contributed by atoms with Crippen molar-refractivity contribution in [3.63, 3.8) is 0 Å². The number of nitrogens with zero attached hydrogens (tertiary/aromatic N) is 4. The zero-order chi connectivity index (χ0) is 24.3. The molecule has 4 heterocycles. The number of carbonyl (C=O) groups excluding carboxylic acids is 1. The van der Waals surface area contributed by atoms with Gasteiger partial charge in [-0.1, -0.05) is 6.07 Å².